The van der Waals surface area contributed by atoms with Crippen molar-refractivity contribution in [3.63, 3.8) is 0 Å². The van der Waals surface area contributed by atoms with E-state index in [1.54, 1.807) is 0 Å². The van der Waals surface area contributed by atoms with Crippen LogP contribution in [0.4, 0.5) is 0 Å². The van der Waals surface area contributed by atoms with Crippen LogP contribution in [0.3, 0.4) is 0 Å². The molecule has 23 heavy (non-hydrogen) atoms. The summed E-state index contributed by atoms with van der Waals surface area (Å²) in [5.74, 6) is -0.0402. The molecule has 0 aliphatic rings. The zero-order valence-corrected chi connectivity index (χ0v) is 16.1. The summed E-state index contributed by atoms with van der Waals surface area (Å²) < 4.78 is 4.94. The fourth-order valence-electron chi connectivity index (χ4n) is 2.91. The Morgan fingerprint density at radius 2 is 1.26 bits per heavy atom. The normalized spacial score (nSPS) is 11.1. The number of hydrogen-bond donors (Lipinski definition) is 0. The maximum absolute atomic E-state index is 11.2. The fourth-order valence-corrected chi connectivity index (χ4v) is 2.91. The van der Waals surface area contributed by atoms with Crippen LogP contribution in [0.15, 0.2) is 0 Å². The van der Waals surface area contributed by atoms with Gasteiger partial charge in [-0.3, -0.25) is 4.79 Å². The van der Waals surface area contributed by atoms with E-state index in [1.165, 1.54) is 77.4 Å². The lowest BCUT2D eigenvalue weighted by Crippen LogP contribution is -2.25. The van der Waals surface area contributed by atoms with Crippen molar-refractivity contribution >= 4 is 5.97 Å². The van der Waals surface area contributed by atoms with Gasteiger partial charge in [-0.2, -0.15) is 0 Å². The lowest BCUT2D eigenvalue weighted by Gasteiger charge is -2.20. The molecule has 138 valence electrons. The molecule has 0 radical (unpaired) electrons. The Bertz CT molecular complexity index is 256. The molecule has 0 heterocycles. The summed E-state index contributed by atoms with van der Waals surface area (Å²) in [6, 6.07) is 0. The molecule has 0 spiro atoms. The second kappa shape index (κ2) is 17.8. The van der Waals surface area contributed by atoms with Crippen molar-refractivity contribution in [3.8, 4) is 0 Å². The van der Waals surface area contributed by atoms with Crippen molar-refractivity contribution in [1.82, 2.24) is 4.90 Å². The number of carbonyl (C=O) groups excluding carboxylic acids is 1. The van der Waals surface area contributed by atoms with E-state index in [-0.39, 0.29) is 5.97 Å². The summed E-state index contributed by atoms with van der Waals surface area (Å²) in [6.45, 7) is 10.5. The van der Waals surface area contributed by atoms with Crippen LogP contribution in [0.1, 0.15) is 97.8 Å². The molecule has 0 amide bonds. The van der Waals surface area contributed by atoms with Crippen molar-refractivity contribution in [3.05, 3.63) is 0 Å². The molecule has 0 aliphatic heterocycles. The minimum absolute atomic E-state index is 0.0402. The number of nitrogens with zero attached hydrogens (tertiary/aromatic N) is 1. The molecule has 3 heteroatoms. The highest BCUT2D eigenvalue weighted by molar-refractivity contribution is 5.69. The number of esters is 1. The summed E-state index contributed by atoms with van der Waals surface area (Å²) in [7, 11) is 0. The molecule has 0 fully saturated rings. The highest BCUT2D eigenvalue weighted by atomic mass is 16.5. The van der Waals surface area contributed by atoms with Gasteiger partial charge >= 0.3 is 5.97 Å². The second-order valence-electron chi connectivity index (χ2n) is 6.52. The molecule has 0 aliphatic carbocycles. The molecular formula is C20H41NO2. The van der Waals surface area contributed by atoms with E-state index in [1.807, 2.05) is 6.92 Å². The maximum atomic E-state index is 11.2. The molecule has 0 aromatic carbocycles. The Morgan fingerprint density at radius 3 is 1.78 bits per heavy atom. The van der Waals surface area contributed by atoms with E-state index >= 15 is 0 Å². The Kier molecular flexibility index (Phi) is 17.3. The Labute approximate surface area is 145 Å². The monoisotopic (exact) mass is 327 g/mol. The molecule has 0 aromatic heterocycles. The highest BCUT2D eigenvalue weighted by Crippen LogP contribution is 2.09. The minimum Gasteiger partial charge on any atom is -0.466 e. The molecule has 0 N–H and O–H groups in total. The van der Waals surface area contributed by atoms with Crippen LogP contribution in [0.5, 0.6) is 0 Å². The third kappa shape index (κ3) is 16.1. The Balaban J connectivity index is 3.39. The van der Waals surface area contributed by atoms with E-state index in [9.17, 15) is 4.79 Å². The Morgan fingerprint density at radius 1 is 0.739 bits per heavy atom. The van der Waals surface area contributed by atoms with Gasteiger partial charge in [0.25, 0.3) is 0 Å². The van der Waals surface area contributed by atoms with Crippen molar-refractivity contribution < 1.29 is 9.53 Å². The van der Waals surface area contributed by atoms with Gasteiger partial charge in [0, 0.05) is 6.42 Å². The molecule has 0 saturated carbocycles. The highest BCUT2D eigenvalue weighted by Gasteiger charge is 2.03. The second-order valence-corrected chi connectivity index (χ2v) is 6.52. The van der Waals surface area contributed by atoms with Crippen molar-refractivity contribution in [2.75, 3.05) is 26.2 Å². The third-order valence-electron chi connectivity index (χ3n) is 4.44. The molecule has 0 aromatic rings. The number of rotatable bonds is 17. The molecule has 3 nitrogen and oxygen atoms in total. The third-order valence-corrected chi connectivity index (χ3v) is 4.44. The van der Waals surface area contributed by atoms with E-state index in [4.69, 9.17) is 4.74 Å². The lowest BCUT2D eigenvalue weighted by molar-refractivity contribution is -0.143. The summed E-state index contributed by atoms with van der Waals surface area (Å²) in [5, 5.41) is 0. The predicted molar refractivity (Wildman–Crippen MR) is 99.8 cm³/mol. The smallest absolute Gasteiger partial charge is 0.305 e. The van der Waals surface area contributed by atoms with Gasteiger partial charge < -0.3 is 9.64 Å². The van der Waals surface area contributed by atoms with Crippen LogP contribution in [0, 0.1) is 0 Å². The van der Waals surface area contributed by atoms with Gasteiger partial charge in [0.15, 0.2) is 0 Å². The molecular weight excluding hydrogens is 286 g/mol. The zero-order valence-electron chi connectivity index (χ0n) is 16.1. The molecule has 0 rings (SSSR count). The predicted octanol–water partition coefficient (Wildman–Crippen LogP) is 5.57. The van der Waals surface area contributed by atoms with E-state index in [2.05, 4.69) is 18.7 Å². The number of carbonyl (C=O) groups is 1. The van der Waals surface area contributed by atoms with Crippen LogP contribution in [-0.4, -0.2) is 37.1 Å². The summed E-state index contributed by atoms with van der Waals surface area (Å²) in [6.07, 6.45) is 14.9. The van der Waals surface area contributed by atoms with Crippen LogP contribution in [-0.2, 0) is 9.53 Å². The van der Waals surface area contributed by atoms with Gasteiger partial charge in [0.2, 0.25) is 0 Å². The standard InChI is InChI=1S/C20H41NO2/c1-4-7-8-9-10-12-15-18-21(5-2)19-16-13-11-14-17-20(22)23-6-3/h4-19H2,1-3H3. The van der Waals surface area contributed by atoms with Crippen LogP contribution >= 0.6 is 0 Å². The van der Waals surface area contributed by atoms with E-state index < -0.39 is 0 Å². The Hall–Kier alpha value is -0.570. The van der Waals surface area contributed by atoms with E-state index in [0.717, 1.165) is 12.8 Å². The largest absolute Gasteiger partial charge is 0.466 e. The van der Waals surface area contributed by atoms with Crippen molar-refractivity contribution in [2.24, 2.45) is 0 Å². The van der Waals surface area contributed by atoms with Gasteiger partial charge in [0.05, 0.1) is 6.61 Å². The van der Waals surface area contributed by atoms with Gasteiger partial charge in [-0.15, -0.1) is 0 Å². The first-order chi connectivity index (χ1) is 11.2. The average molecular weight is 328 g/mol. The van der Waals surface area contributed by atoms with E-state index in [0.29, 0.717) is 13.0 Å². The molecule has 0 unspecified atom stereocenters. The average Bonchev–Trinajstić information content (AvgIpc) is 2.55. The fraction of sp³-hybridized carbons (Fsp3) is 0.950. The summed E-state index contributed by atoms with van der Waals surface area (Å²) in [4.78, 5) is 13.8. The molecule has 0 saturated heterocycles. The van der Waals surface area contributed by atoms with Crippen molar-refractivity contribution in [1.29, 1.82) is 0 Å². The zero-order chi connectivity index (χ0) is 17.2. The quantitative estimate of drug-likeness (QED) is 0.258. The summed E-state index contributed by atoms with van der Waals surface area (Å²) in [5.41, 5.74) is 0. The van der Waals surface area contributed by atoms with Gasteiger partial charge in [-0.1, -0.05) is 65.2 Å². The van der Waals surface area contributed by atoms with Gasteiger partial charge in [-0.05, 0) is 45.8 Å². The van der Waals surface area contributed by atoms with Crippen molar-refractivity contribution in [2.45, 2.75) is 97.8 Å². The van der Waals surface area contributed by atoms with Crippen LogP contribution in [0.25, 0.3) is 0 Å². The molecule has 0 atom stereocenters. The first-order valence-corrected chi connectivity index (χ1v) is 10.1. The topological polar surface area (TPSA) is 29.5 Å². The maximum Gasteiger partial charge on any atom is 0.305 e. The first-order valence-electron chi connectivity index (χ1n) is 10.1. The van der Waals surface area contributed by atoms with Crippen LogP contribution in [0.2, 0.25) is 0 Å². The number of hydrogen-bond acceptors (Lipinski definition) is 3. The summed E-state index contributed by atoms with van der Waals surface area (Å²) >= 11 is 0. The van der Waals surface area contributed by atoms with Crippen LogP contribution < -0.4 is 0 Å². The number of ether oxygens (including phenoxy) is 1. The minimum atomic E-state index is -0.0402. The first kappa shape index (κ1) is 22.4. The van der Waals surface area contributed by atoms with Gasteiger partial charge in [0.1, 0.15) is 0 Å². The molecule has 0 bridgehead atoms. The van der Waals surface area contributed by atoms with Gasteiger partial charge in [-0.25, -0.2) is 0 Å². The SMILES string of the molecule is CCCCCCCCCN(CC)CCCCCCC(=O)OCC. The number of unbranched alkanes of at least 4 members (excludes halogenated alkanes) is 9. The lowest BCUT2D eigenvalue weighted by atomic mass is 10.1.